The van der Waals surface area contributed by atoms with Gasteiger partial charge in [0.2, 0.25) is 0 Å². The second-order valence-electron chi connectivity index (χ2n) is 3.70. The quantitative estimate of drug-likeness (QED) is 0.718. The first kappa shape index (κ1) is 10.5. The van der Waals surface area contributed by atoms with Gasteiger partial charge in [-0.15, -0.1) is 0 Å². The van der Waals surface area contributed by atoms with Gasteiger partial charge in [-0.1, -0.05) is 0 Å². The Morgan fingerprint density at radius 2 is 2.12 bits per heavy atom. The van der Waals surface area contributed by atoms with E-state index < -0.39 is 0 Å². The van der Waals surface area contributed by atoms with E-state index in [2.05, 4.69) is 12.1 Å². The molecule has 0 aromatic carbocycles. The summed E-state index contributed by atoms with van der Waals surface area (Å²) in [5, 5.41) is 18.1. The highest BCUT2D eigenvalue weighted by Gasteiger charge is 2.27. The lowest BCUT2D eigenvalue weighted by Gasteiger charge is -2.26. The minimum atomic E-state index is -0.184. The average molecular weight is 213 g/mol. The second kappa shape index (κ2) is 3.84. The second-order valence-corrected chi connectivity index (χ2v) is 3.70. The van der Waals surface area contributed by atoms with Gasteiger partial charge in [0.25, 0.3) is 0 Å². The SMILES string of the molecule is COC1CC(C#N)=C(C#N)c2ccc(C)n21. The van der Waals surface area contributed by atoms with Gasteiger partial charge < -0.3 is 9.30 Å². The molecule has 1 aliphatic rings. The molecular weight excluding hydrogens is 202 g/mol. The van der Waals surface area contributed by atoms with Crippen LogP contribution in [-0.2, 0) is 4.74 Å². The highest BCUT2D eigenvalue weighted by molar-refractivity contribution is 5.81. The van der Waals surface area contributed by atoms with Crippen LogP contribution in [0.4, 0.5) is 0 Å². The summed E-state index contributed by atoms with van der Waals surface area (Å²) in [5.41, 5.74) is 2.77. The summed E-state index contributed by atoms with van der Waals surface area (Å²) in [6.07, 6.45) is 0.273. The molecule has 1 atom stereocenters. The van der Waals surface area contributed by atoms with E-state index in [1.807, 2.05) is 23.6 Å². The van der Waals surface area contributed by atoms with Gasteiger partial charge in [-0.3, -0.25) is 0 Å². The van der Waals surface area contributed by atoms with E-state index in [-0.39, 0.29) is 6.23 Å². The van der Waals surface area contributed by atoms with Crippen molar-refractivity contribution in [3.63, 3.8) is 0 Å². The molecule has 80 valence electrons. The molecule has 1 aliphatic heterocycles. The molecular formula is C12H11N3O. The molecule has 0 amide bonds. The molecule has 0 saturated heterocycles. The summed E-state index contributed by atoms with van der Waals surface area (Å²) in [4.78, 5) is 0. The van der Waals surface area contributed by atoms with Crippen molar-refractivity contribution >= 4 is 5.57 Å². The number of rotatable bonds is 1. The third-order valence-corrected chi connectivity index (χ3v) is 2.87. The fourth-order valence-electron chi connectivity index (χ4n) is 2.07. The van der Waals surface area contributed by atoms with Crippen LogP contribution in [0, 0.1) is 29.6 Å². The number of aromatic nitrogens is 1. The van der Waals surface area contributed by atoms with Crippen LogP contribution < -0.4 is 0 Å². The van der Waals surface area contributed by atoms with Crippen LogP contribution in [0.5, 0.6) is 0 Å². The maximum absolute atomic E-state index is 9.09. The van der Waals surface area contributed by atoms with Crippen molar-refractivity contribution < 1.29 is 4.74 Å². The number of nitriles is 2. The normalized spacial score (nSPS) is 18.9. The topological polar surface area (TPSA) is 61.7 Å². The zero-order valence-electron chi connectivity index (χ0n) is 9.19. The molecule has 0 fully saturated rings. The maximum atomic E-state index is 9.09. The Hall–Kier alpha value is -2.04. The van der Waals surface area contributed by atoms with E-state index in [0.29, 0.717) is 17.6 Å². The van der Waals surface area contributed by atoms with E-state index in [1.165, 1.54) is 0 Å². The lowest BCUT2D eigenvalue weighted by Crippen LogP contribution is -2.20. The van der Waals surface area contributed by atoms with Crippen LogP contribution in [0.1, 0.15) is 24.0 Å². The molecule has 0 bridgehead atoms. The van der Waals surface area contributed by atoms with Gasteiger partial charge in [-0.2, -0.15) is 10.5 Å². The summed E-state index contributed by atoms with van der Waals surface area (Å²) < 4.78 is 7.31. The molecule has 16 heavy (non-hydrogen) atoms. The lowest BCUT2D eigenvalue weighted by molar-refractivity contribution is 0.0417. The Bertz CT molecular complexity index is 540. The van der Waals surface area contributed by atoms with Gasteiger partial charge >= 0.3 is 0 Å². The third kappa shape index (κ3) is 1.32. The van der Waals surface area contributed by atoms with Crippen molar-refractivity contribution in [1.29, 1.82) is 10.5 Å². The Morgan fingerprint density at radius 3 is 2.69 bits per heavy atom. The maximum Gasteiger partial charge on any atom is 0.138 e. The van der Waals surface area contributed by atoms with E-state index in [4.69, 9.17) is 15.3 Å². The van der Waals surface area contributed by atoms with Crippen LogP contribution in [0.15, 0.2) is 17.7 Å². The van der Waals surface area contributed by atoms with E-state index in [0.717, 1.165) is 11.4 Å². The van der Waals surface area contributed by atoms with Crippen molar-refractivity contribution in [2.24, 2.45) is 0 Å². The number of hydrogen-bond acceptors (Lipinski definition) is 3. The van der Waals surface area contributed by atoms with Gasteiger partial charge in [0.15, 0.2) is 0 Å². The summed E-state index contributed by atoms with van der Waals surface area (Å²) in [5.74, 6) is 0. The summed E-state index contributed by atoms with van der Waals surface area (Å²) in [6, 6.07) is 7.97. The first-order valence-electron chi connectivity index (χ1n) is 4.97. The summed E-state index contributed by atoms with van der Waals surface area (Å²) in [6.45, 7) is 1.96. The monoisotopic (exact) mass is 213 g/mol. The van der Waals surface area contributed by atoms with Crippen LogP contribution in [0.2, 0.25) is 0 Å². The zero-order chi connectivity index (χ0) is 11.7. The van der Waals surface area contributed by atoms with Crippen molar-refractivity contribution in [3.8, 4) is 12.1 Å². The van der Waals surface area contributed by atoms with Crippen molar-refractivity contribution in [3.05, 3.63) is 29.1 Å². The number of aryl methyl sites for hydroxylation is 1. The number of nitrogens with zero attached hydrogens (tertiary/aromatic N) is 3. The highest BCUT2D eigenvalue weighted by Crippen LogP contribution is 2.35. The number of ether oxygens (including phenoxy) is 1. The molecule has 0 N–H and O–H groups in total. The van der Waals surface area contributed by atoms with Crippen LogP contribution in [-0.4, -0.2) is 11.7 Å². The first-order valence-corrected chi connectivity index (χ1v) is 4.97. The zero-order valence-corrected chi connectivity index (χ0v) is 9.19. The van der Waals surface area contributed by atoms with Crippen LogP contribution in [0.3, 0.4) is 0 Å². The van der Waals surface area contributed by atoms with Crippen molar-refractivity contribution in [1.82, 2.24) is 4.57 Å². The molecule has 0 radical (unpaired) electrons. The number of fused-ring (bicyclic) bond motifs is 1. The standard InChI is InChI=1S/C12H11N3O/c1-8-3-4-11-10(7-14)9(6-13)5-12(16-2)15(8)11/h3-4,12H,5H2,1-2H3. The van der Waals surface area contributed by atoms with Crippen LogP contribution in [0.25, 0.3) is 5.57 Å². The van der Waals surface area contributed by atoms with Gasteiger partial charge in [0.05, 0.1) is 22.9 Å². The lowest BCUT2D eigenvalue weighted by atomic mass is 10.00. The van der Waals surface area contributed by atoms with Crippen LogP contribution >= 0.6 is 0 Å². The first-order chi connectivity index (χ1) is 7.72. The molecule has 4 nitrogen and oxygen atoms in total. The minimum absolute atomic E-state index is 0.184. The predicted octanol–water partition coefficient (Wildman–Crippen LogP) is 2.15. The number of allylic oxidation sites excluding steroid dienone is 1. The molecule has 1 unspecified atom stereocenters. The fraction of sp³-hybridized carbons (Fsp3) is 0.333. The van der Waals surface area contributed by atoms with Crippen molar-refractivity contribution in [2.45, 2.75) is 19.6 Å². The van der Waals surface area contributed by atoms with E-state index in [1.54, 1.807) is 7.11 Å². The summed E-state index contributed by atoms with van der Waals surface area (Å²) >= 11 is 0. The average Bonchev–Trinajstić information content (AvgIpc) is 2.69. The third-order valence-electron chi connectivity index (χ3n) is 2.87. The molecule has 1 aromatic heterocycles. The van der Waals surface area contributed by atoms with Gasteiger partial charge in [-0.05, 0) is 19.1 Å². The predicted molar refractivity (Wildman–Crippen MR) is 58.0 cm³/mol. The Labute approximate surface area is 94.0 Å². The van der Waals surface area contributed by atoms with Gasteiger partial charge in [-0.25, -0.2) is 0 Å². The Kier molecular flexibility index (Phi) is 2.52. The smallest absolute Gasteiger partial charge is 0.138 e. The van der Waals surface area contributed by atoms with E-state index in [9.17, 15) is 0 Å². The Morgan fingerprint density at radius 1 is 1.38 bits per heavy atom. The summed E-state index contributed by atoms with van der Waals surface area (Å²) in [7, 11) is 1.61. The minimum Gasteiger partial charge on any atom is -0.361 e. The molecule has 0 saturated carbocycles. The molecule has 1 aromatic rings. The largest absolute Gasteiger partial charge is 0.361 e. The highest BCUT2D eigenvalue weighted by atomic mass is 16.5. The number of methoxy groups -OCH3 is 1. The molecule has 0 aliphatic carbocycles. The fourth-order valence-corrected chi connectivity index (χ4v) is 2.07. The molecule has 4 heteroatoms. The van der Waals surface area contributed by atoms with E-state index >= 15 is 0 Å². The Balaban J connectivity index is 2.68. The number of hydrogen-bond donors (Lipinski definition) is 0. The van der Waals surface area contributed by atoms with Crippen molar-refractivity contribution in [2.75, 3.05) is 7.11 Å². The van der Waals surface area contributed by atoms with Gasteiger partial charge in [0, 0.05) is 19.2 Å². The molecule has 2 heterocycles. The molecule has 2 rings (SSSR count). The van der Waals surface area contributed by atoms with Gasteiger partial charge in [0.1, 0.15) is 12.3 Å². The molecule has 0 spiro atoms.